The van der Waals surface area contributed by atoms with E-state index >= 15 is 0 Å². The van der Waals surface area contributed by atoms with Gasteiger partial charge in [-0.25, -0.2) is 0 Å². The summed E-state index contributed by atoms with van der Waals surface area (Å²) in [5.74, 6) is 0.172. The summed E-state index contributed by atoms with van der Waals surface area (Å²) in [6.45, 7) is 4.43. The highest BCUT2D eigenvalue weighted by Gasteiger charge is 2.31. The van der Waals surface area contributed by atoms with Gasteiger partial charge < -0.3 is 9.67 Å². The minimum Gasteiger partial charge on any atom is -0.481 e. The summed E-state index contributed by atoms with van der Waals surface area (Å²) < 4.78 is 1.98. The van der Waals surface area contributed by atoms with Gasteiger partial charge in [0.2, 0.25) is 0 Å². The van der Waals surface area contributed by atoms with Crippen molar-refractivity contribution in [2.45, 2.75) is 37.9 Å². The monoisotopic (exact) mass is 282 g/mol. The molecule has 1 saturated carbocycles. The van der Waals surface area contributed by atoms with Crippen LogP contribution in [-0.2, 0) is 4.79 Å². The Balaban J connectivity index is 2.29. The van der Waals surface area contributed by atoms with Crippen molar-refractivity contribution >= 4 is 17.7 Å². The molecule has 1 aromatic heterocycles. The van der Waals surface area contributed by atoms with Gasteiger partial charge in [-0.1, -0.05) is 25.6 Å². The smallest absolute Gasteiger partial charge is 0.313 e. The van der Waals surface area contributed by atoms with Crippen LogP contribution in [0.3, 0.4) is 0 Å². The number of nitrogens with zero attached hydrogens (tertiary/aromatic N) is 2. The van der Waals surface area contributed by atoms with Crippen molar-refractivity contribution in [3.63, 3.8) is 0 Å². The van der Waals surface area contributed by atoms with Gasteiger partial charge in [0.25, 0.3) is 5.56 Å². The van der Waals surface area contributed by atoms with E-state index in [0.29, 0.717) is 23.0 Å². The zero-order chi connectivity index (χ0) is 14.0. The maximum absolute atomic E-state index is 11.4. The van der Waals surface area contributed by atoms with Crippen LogP contribution >= 0.6 is 11.8 Å². The van der Waals surface area contributed by atoms with Gasteiger partial charge in [-0.3, -0.25) is 9.59 Å². The molecular formula is C13H18N2O3S. The number of carbonyl (C=O) groups is 1. The van der Waals surface area contributed by atoms with Crippen molar-refractivity contribution in [1.29, 1.82) is 0 Å². The average Bonchev–Trinajstić information content (AvgIpc) is 2.68. The third-order valence-corrected chi connectivity index (χ3v) is 4.86. The number of carboxylic acids is 1. The Hall–Kier alpha value is -1.30. The molecule has 0 spiro atoms. The largest absolute Gasteiger partial charge is 0.481 e. The quantitative estimate of drug-likeness (QED) is 0.675. The van der Waals surface area contributed by atoms with Gasteiger partial charge in [0.05, 0.1) is 5.75 Å². The van der Waals surface area contributed by atoms with Crippen LogP contribution in [0.1, 0.15) is 32.7 Å². The Bertz CT molecular complexity index is 529. The fraction of sp³-hybridized carbons (Fsp3) is 0.615. The molecule has 6 heteroatoms. The highest BCUT2D eigenvalue weighted by molar-refractivity contribution is 7.99. The first-order valence-corrected chi connectivity index (χ1v) is 7.41. The molecule has 1 aromatic rings. The third kappa shape index (κ3) is 3.18. The lowest BCUT2D eigenvalue weighted by molar-refractivity contribution is -0.133. The molecule has 104 valence electrons. The Kier molecular flexibility index (Phi) is 4.29. The Morgan fingerprint density at radius 3 is 2.84 bits per heavy atom. The molecule has 0 radical (unpaired) electrons. The van der Waals surface area contributed by atoms with Crippen molar-refractivity contribution < 1.29 is 9.90 Å². The highest BCUT2D eigenvalue weighted by atomic mass is 32.2. The fourth-order valence-electron chi connectivity index (χ4n) is 2.61. The standard InChI is InChI=1S/C13H18N2O3S/c1-8-3-4-10(9(8)2)15-6-5-11(16)14-13(15)19-7-12(17)18/h5-6,8-10H,3-4,7H2,1-2H3,(H,17,18). The Morgan fingerprint density at radius 2 is 2.26 bits per heavy atom. The van der Waals surface area contributed by atoms with E-state index in [-0.39, 0.29) is 11.3 Å². The molecule has 3 atom stereocenters. The second kappa shape index (κ2) is 5.77. The van der Waals surface area contributed by atoms with Crippen LogP contribution in [0.4, 0.5) is 0 Å². The van der Waals surface area contributed by atoms with Crippen molar-refractivity contribution in [1.82, 2.24) is 9.55 Å². The zero-order valence-corrected chi connectivity index (χ0v) is 11.9. The van der Waals surface area contributed by atoms with Crippen molar-refractivity contribution in [3.05, 3.63) is 22.6 Å². The normalized spacial score (nSPS) is 26.5. The molecule has 1 heterocycles. The van der Waals surface area contributed by atoms with Gasteiger partial charge in [0, 0.05) is 18.3 Å². The predicted molar refractivity (Wildman–Crippen MR) is 73.5 cm³/mol. The number of aromatic nitrogens is 2. The first-order valence-electron chi connectivity index (χ1n) is 6.43. The maximum atomic E-state index is 11.4. The number of thioether (sulfide) groups is 1. The lowest BCUT2D eigenvalue weighted by Crippen LogP contribution is -2.21. The van der Waals surface area contributed by atoms with E-state index in [2.05, 4.69) is 18.8 Å². The van der Waals surface area contributed by atoms with Gasteiger partial charge in [-0.15, -0.1) is 0 Å². The molecule has 0 aromatic carbocycles. The van der Waals surface area contributed by atoms with E-state index in [1.54, 1.807) is 6.20 Å². The summed E-state index contributed by atoms with van der Waals surface area (Å²) in [6.07, 6.45) is 3.95. The van der Waals surface area contributed by atoms with Gasteiger partial charge in [0.15, 0.2) is 5.16 Å². The molecule has 0 aliphatic heterocycles. The van der Waals surface area contributed by atoms with E-state index in [0.717, 1.165) is 24.6 Å². The number of hydrogen-bond acceptors (Lipinski definition) is 4. The number of hydrogen-bond donors (Lipinski definition) is 1. The molecule has 0 amide bonds. The van der Waals surface area contributed by atoms with Crippen molar-refractivity contribution in [2.75, 3.05) is 5.75 Å². The molecule has 2 rings (SSSR count). The average molecular weight is 282 g/mol. The second-order valence-corrected chi connectivity index (χ2v) is 6.06. The zero-order valence-electron chi connectivity index (χ0n) is 11.1. The molecule has 1 fully saturated rings. The Labute approximate surface area is 116 Å². The van der Waals surface area contributed by atoms with Crippen LogP contribution in [0.25, 0.3) is 0 Å². The Morgan fingerprint density at radius 1 is 1.53 bits per heavy atom. The van der Waals surface area contributed by atoms with Crippen molar-refractivity contribution in [3.8, 4) is 0 Å². The number of rotatable bonds is 4. The van der Waals surface area contributed by atoms with E-state index in [1.807, 2.05) is 4.57 Å². The number of carboxylic acid groups (broad SMARTS) is 1. The summed E-state index contributed by atoms with van der Waals surface area (Å²) in [4.78, 5) is 26.0. The summed E-state index contributed by atoms with van der Waals surface area (Å²) in [5.41, 5.74) is -0.317. The van der Waals surface area contributed by atoms with E-state index in [1.165, 1.54) is 6.07 Å². The maximum Gasteiger partial charge on any atom is 0.313 e. The minimum absolute atomic E-state index is 0.0763. The van der Waals surface area contributed by atoms with Gasteiger partial charge in [0.1, 0.15) is 0 Å². The third-order valence-electron chi connectivity index (χ3n) is 3.91. The molecule has 19 heavy (non-hydrogen) atoms. The second-order valence-electron chi connectivity index (χ2n) is 5.12. The lowest BCUT2D eigenvalue weighted by atomic mass is 9.98. The highest BCUT2D eigenvalue weighted by Crippen LogP contribution is 2.40. The van der Waals surface area contributed by atoms with Crippen molar-refractivity contribution in [2.24, 2.45) is 11.8 Å². The van der Waals surface area contributed by atoms with Crippen LogP contribution < -0.4 is 5.56 Å². The van der Waals surface area contributed by atoms with E-state index in [9.17, 15) is 9.59 Å². The van der Waals surface area contributed by atoms with Crippen LogP contribution in [0.15, 0.2) is 22.2 Å². The molecule has 3 unspecified atom stereocenters. The number of aliphatic carboxylic acids is 1. The van der Waals surface area contributed by atoms with Gasteiger partial charge in [-0.2, -0.15) is 4.98 Å². The first-order chi connectivity index (χ1) is 8.99. The molecule has 1 aliphatic rings. The van der Waals surface area contributed by atoms with Crippen LogP contribution in [0.2, 0.25) is 0 Å². The van der Waals surface area contributed by atoms with E-state index < -0.39 is 5.97 Å². The van der Waals surface area contributed by atoms with E-state index in [4.69, 9.17) is 5.11 Å². The molecular weight excluding hydrogens is 264 g/mol. The topological polar surface area (TPSA) is 72.2 Å². The van der Waals surface area contributed by atoms with Gasteiger partial charge >= 0.3 is 5.97 Å². The molecule has 5 nitrogen and oxygen atoms in total. The summed E-state index contributed by atoms with van der Waals surface area (Å²) in [5, 5.41) is 9.27. The van der Waals surface area contributed by atoms with Crippen LogP contribution in [0.5, 0.6) is 0 Å². The first kappa shape index (κ1) is 14.1. The lowest BCUT2D eigenvalue weighted by Gasteiger charge is -2.23. The summed E-state index contributed by atoms with van der Waals surface area (Å²) in [6, 6.07) is 1.75. The van der Waals surface area contributed by atoms with Crippen LogP contribution in [-0.4, -0.2) is 26.4 Å². The minimum atomic E-state index is -0.900. The van der Waals surface area contributed by atoms with Gasteiger partial charge in [-0.05, 0) is 24.7 Å². The van der Waals surface area contributed by atoms with Crippen LogP contribution in [0, 0.1) is 11.8 Å². The fourth-order valence-corrected chi connectivity index (χ4v) is 3.37. The summed E-state index contributed by atoms with van der Waals surface area (Å²) in [7, 11) is 0. The summed E-state index contributed by atoms with van der Waals surface area (Å²) >= 11 is 1.11. The molecule has 1 N–H and O–H groups in total. The molecule has 0 bridgehead atoms. The predicted octanol–water partition coefficient (Wildman–Crippen LogP) is 2.03. The molecule has 1 aliphatic carbocycles. The SMILES string of the molecule is CC1CCC(n2ccc(=O)nc2SCC(=O)O)C1C. The molecule has 0 saturated heterocycles.